The van der Waals surface area contributed by atoms with E-state index in [1.807, 2.05) is 6.07 Å². The van der Waals surface area contributed by atoms with Crippen molar-refractivity contribution in [2.24, 2.45) is 5.92 Å². The van der Waals surface area contributed by atoms with Crippen molar-refractivity contribution in [3.8, 4) is 0 Å². The number of nitrogens with two attached hydrogens (primary N) is 1. The van der Waals surface area contributed by atoms with Crippen molar-refractivity contribution in [2.75, 3.05) is 24.1 Å². The highest BCUT2D eigenvalue weighted by molar-refractivity contribution is 7.18. The van der Waals surface area contributed by atoms with Crippen molar-refractivity contribution < 1.29 is 4.79 Å². The third kappa shape index (κ3) is 5.34. The van der Waals surface area contributed by atoms with E-state index in [1.165, 1.54) is 17.8 Å². The van der Waals surface area contributed by atoms with Crippen LogP contribution in [0.15, 0.2) is 18.7 Å². The van der Waals surface area contributed by atoms with E-state index in [9.17, 15) is 4.79 Å². The number of anilines is 2. The Hall–Kier alpha value is -1.49. The zero-order valence-electron chi connectivity index (χ0n) is 11.7. The van der Waals surface area contributed by atoms with Gasteiger partial charge in [0.05, 0.1) is 10.7 Å². The second kappa shape index (κ2) is 7.84. The number of hydrogen-bond donors (Lipinski definition) is 3. The Balaban J connectivity index is 2.49. The van der Waals surface area contributed by atoms with Crippen LogP contribution in [0.1, 0.15) is 36.4 Å². The summed E-state index contributed by atoms with van der Waals surface area (Å²) >= 11 is 1.39. The SMILES string of the molecule is C=CCNC(=O)c1sc(NCCCC(C)C)cc1N. The van der Waals surface area contributed by atoms with Gasteiger partial charge in [0.1, 0.15) is 4.88 Å². The molecule has 4 nitrogen and oxygen atoms in total. The van der Waals surface area contributed by atoms with E-state index < -0.39 is 0 Å². The maximum atomic E-state index is 11.8. The second-order valence-electron chi connectivity index (χ2n) is 4.86. The largest absolute Gasteiger partial charge is 0.397 e. The fourth-order valence-corrected chi connectivity index (χ4v) is 2.56. The lowest BCUT2D eigenvalue weighted by Crippen LogP contribution is -2.22. The number of carbonyl (C=O) groups is 1. The highest BCUT2D eigenvalue weighted by atomic mass is 32.1. The highest BCUT2D eigenvalue weighted by Gasteiger charge is 2.13. The lowest BCUT2D eigenvalue weighted by Gasteiger charge is -2.05. The molecule has 0 aliphatic rings. The third-order valence-electron chi connectivity index (χ3n) is 2.63. The molecule has 1 aromatic rings. The molecule has 0 unspecified atom stereocenters. The van der Waals surface area contributed by atoms with Crippen LogP contribution in [0, 0.1) is 5.92 Å². The fourth-order valence-electron chi connectivity index (χ4n) is 1.64. The maximum Gasteiger partial charge on any atom is 0.263 e. The Bertz CT molecular complexity index is 426. The first kappa shape index (κ1) is 15.6. The predicted molar refractivity (Wildman–Crippen MR) is 83.8 cm³/mol. The molecule has 0 radical (unpaired) electrons. The van der Waals surface area contributed by atoms with Gasteiger partial charge in [0.25, 0.3) is 5.91 Å². The molecule has 0 spiro atoms. The molecule has 0 aromatic carbocycles. The third-order valence-corrected chi connectivity index (χ3v) is 3.74. The van der Waals surface area contributed by atoms with Crippen LogP contribution in [0.3, 0.4) is 0 Å². The lowest BCUT2D eigenvalue weighted by molar-refractivity contribution is 0.0963. The molecule has 1 rings (SSSR count). The number of nitrogens with one attached hydrogen (secondary N) is 2. The summed E-state index contributed by atoms with van der Waals surface area (Å²) in [6.07, 6.45) is 3.96. The van der Waals surface area contributed by atoms with Gasteiger partial charge >= 0.3 is 0 Å². The maximum absolute atomic E-state index is 11.8. The molecule has 0 fully saturated rings. The van der Waals surface area contributed by atoms with E-state index >= 15 is 0 Å². The number of thiophene rings is 1. The molecule has 5 heteroatoms. The van der Waals surface area contributed by atoms with Crippen molar-refractivity contribution in [1.82, 2.24) is 5.32 Å². The Morgan fingerprint density at radius 3 is 2.95 bits per heavy atom. The van der Waals surface area contributed by atoms with Crippen molar-refractivity contribution >= 4 is 27.9 Å². The van der Waals surface area contributed by atoms with Gasteiger partial charge in [-0.1, -0.05) is 19.9 Å². The molecule has 0 saturated carbocycles. The smallest absolute Gasteiger partial charge is 0.263 e. The van der Waals surface area contributed by atoms with Crippen LogP contribution in [-0.4, -0.2) is 19.0 Å². The minimum absolute atomic E-state index is 0.141. The molecule has 106 valence electrons. The quantitative estimate of drug-likeness (QED) is 0.506. The first-order valence-corrected chi connectivity index (χ1v) is 7.38. The summed E-state index contributed by atoms with van der Waals surface area (Å²) in [5.41, 5.74) is 6.38. The lowest BCUT2D eigenvalue weighted by atomic mass is 10.1. The molecule has 1 aromatic heterocycles. The van der Waals surface area contributed by atoms with Crippen LogP contribution in [-0.2, 0) is 0 Å². The van der Waals surface area contributed by atoms with Crippen LogP contribution in [0.4, 0.5) is 10.7 Å². The van der Waals surface area contributed by atoms with Gasteiger partial charge in [0, 0.05) is 13.1 Å². The van der Waals surface area contributed by atoms with Crippen molar-refractivity contribution in [2.45, 2.75) is 26.7 Å². The number of amides is 1. The van der Waals surface area contributed by atoms with Gasteiger partial charge in [0.2, 0.25) is 0 Å². The van der Waals surface area contributed by atoms with E-state index in [-0.39, 0.29) is 5.91 Å². The molecule has 1 heterocycles. The van der Waals surface area contributed by atoms with Crippen LogP contribution in [0.25, 0.3) is 0 Å². The van der Waals surface area contributed by atoms with Crippen molar-refractivity contribution in [3.05, 3.63) is 23.6 Å². The van der Waals surface area contributed by atoms with Gasteiger partial charge in [0.15, 0.2) is 0 Å². The Morgan fingerprint density at radius 1 is 1.58 bits per heavy atom. The molecular formula is C14H23N3OS. The minimum Gasteiger partial charge on any atom is -0.397 e. The van der Waals surface area contributed by atoms with E-state index in [1.54, 1.807) is 6.08 Å². The number of nitrogen functional groups attached to an aromatic ring is 1. The molecule has 0 atom stereocenters. The van der Waals surface area contributed by atoms with Gasteiger partial charge in [-0.05, 0) is 24.8 Å². The van der Waals surface area contributed by atoms with E-state index in [0.717, 1.165) is 23.9 Å². The molecule has 19 heavy (non-hydrogen) atoms. The second-order valence-corrected chi connectivity index (χ2v) is 5.91. The van der Waals surface area contributed by atoms with E-state index in [4.69, 9.17) is 5.73 Å². The summed E-state index contributed by atoms with van der Waals surface area (Å²) in [7, 11) is 0. The van der Waals surface area contributed by atoms with Gasteiger partial charge in [-0.15, -0.1) is 17.9 Å². The van der Waals surface area contributed by atoms with Crippen LogP contribution >= 0.6 is 11.3 Å². The average Bonchev–Trinajstić information content (AvgIpc) is 2.73. The predicted octanol–water partition coefficient (Wildman–Crippen LogP) is 3.09. The first-order valence-electron chi connectivity index (χ1n) is 6.56. The van der Waals surface area contributed by atoms with Crippen molar-refractivity contribution in [3.63, 3.8) is 0 Å². The molecule has 0 aliphatic heterocycles. The Labute approximate surface area is 119 Å². The summed E-state index contributed by atoms with van der Waals surface area (Å²) in [6, 6.07) is 1.82. The first-order chi connectivity index (χ1) is 9.04. The van der Waals surface area contributed by atoms with Gasteiger partial charge in [-0.3, -0.25) is 4.79 Å². The monoisotopic (exact) mass is 281 g/mol. The number of rotatable bonds is 8. The van der Waals surface area contributed by atoms with Crippen LogP contribution in [0.5, 0.6) is 0 Å². The summed E-state index contributed by atoms with van der Waals surface area (Å²) in [5.74, 6) is 0.577. The fraction of sp³-hybridized carbons (Fsp3) is 0.500. The molecule has 0 saturated heterocycles. The van der Waals surface area contributed by atoms with E-state index in [2.05, 4.69) is 31.1 Å². The summed E-state index contributed by atoms with van der Waals surface area (Å²) < 4.78 is 0. The van der Waals surface area contributed by atoms with Crippen LogP contribution < -0.4 is 16.4 Å². The normalized spacial score (nSPS) is 10.5. The van der Waals surface area contributed by atoms with E-state index in [0.29, 0.717) is 17.1 Å². The van der Waals surface area contributed by atoms with Gasteiger partial charge in [-0.25, -0.2) is 0 Å². The molecule has 0 aliphatic carbocycles. The van der Waals surface area contributed by atoms with Gasteiger partial charge < -0.3 is 16.4 Å². The number of hydrogen-bond acceptors (Lipinski definition) is 4. The average molecular weight is 281 g/mol. The molecule has 4 N–H and O–H groups in total. The highest BCUT2D eigenvalue weighted by Crippen LogP contribution is 2.29. The zero-order valence-corrected chi connectivity index (χ0v) is 12.5. The van der Waals surface area contributed by atoms with Gasteiger partial charge in [-0.2, -0.15) is 0 Å². The summed E-state index contributed by atoms with van der Waals surface area (Å²) in [6.45, 7) is 9.35. The van der Waals surface area contributed by atoms with Crippen LogP contribution in [0.2, 0.25) is 0 Å². The zero-order chi connectivity index (χ0) is 14.3. The summed E-state index contributed by atoms with van der Waals surface area (Å²) in [4.78, 5) is 12.4. The number of carbonyl (C=O) groups excluding carboxylic acids is 1. The molecule has 0 bridgehead atoms. The topological polar surface area (TPSA) is 67.2 Å². The molecular weight excluding hydrogens is 258 g/mol. The minimum atomic E-state index is -0.141. The summed E-state index contributed by atoms with van der Waals surface area (Å²) in [5, 5.41) is 6.99. The standard InChI is InChI=1S/C14H23N3OS/c1-4-7-17-14(18)13-11(15)9-12(19-13)16-8-5-6-10(2)3/h4,9-10,16H,1,5-8,15H2,2-3H3,(H,17,18). The van der Waals surface area contributed by atoms with Crippen molar-refractivity contribution in [1.29, 1.82) is 0 Å². The Kier molecular flexibility index (Phi) is 6.42. The molecule has 1 amide bonds. The Morgan fingerprint density at radius 2 is 2.32 bits per heavy atom.